The normalized spacial score (nSPS) is 14.3. The zero-order valence-electron chi connectivity index (χ0n) is 13.7. The van der Waals surface area contributed by atoms with E-state index in [0.29, 0.717) is 34.7 Å². The van der Waals surface area contributed by atoms with Gasteiger partial charge in [-0.3, -0.25) is 4.72 Å². The van der Waals surface area contributed by atoms with E-state index in [9.17, 15) is 8.42 Å². The lowest BCUT2D eigenvalue weighted by Gasteiger charge is -2.12. The van der Waals surface area contributed by atoms with Crippen molar-refractivity contribution in [1.82, 2.24) is 14.6 Å². The molecule has 0 atom stereocenters. The summed E-state index contributed by atoms with van der Waals surface area (Å²) < 4.78 is 26.1. The highest BCUT2D eigenvalue weighted by molar-refractivity contribution is 7.90. The molecule has 0 saturated heterocycles. The van der Waals surface area contributed by atoms with Crippen molar-refractivity contribution in [2.45, 2.75) is 18.9 Å². The summed E-state index contributed by atoms with van der Waals surface area (Å²) in [5.41, 5.74) is 8.41. The highest BCUT2D eigenvalue weighted by atomic mass is 32.2. The number of nitrogens with zero attached hydrogens (tertiary/aromatic N) is 3. The number of anilines is 5. The van der Waals surface area contributed by atoms with E-state index < -0.39 is 10.2 Å². The molecule has 1 saturated carbocycles. The summed E-state index contributed by atoms with van der Waals surface area (Å²) in [7, 11) is -3.84. The van der Waals surface area contributed by atoms with E-state index in [1.54, 1.807) is 35.0 Å². The molecule has 10 nitrogen and oxygen atoms in total. The van der Waals surface area contributed by atoms with Crippen molar-refractivity contribution in [3.8, 4) is 0 Å². The molecule has 1 aliphatic rings. The first kappa shape index (κ1) is 16.4. The minimum absolute atomic E-state index is 0.344. The number of hydrogen-bond donors (Lipinski definition) is 5. The molecule has 0 spiro atoms. The van der Waals surface area contributed by atoms with Gasteiger partial charge in [0, 0.05) is 17.8 Å². The van der Waals surface area contributed by atoms with Crippen molar-refractivity contribution in [1.29, 1.82) is 0 Å². The van der Waals surface area contributed by atoms with Gasteiger partial charge in [0.25, 0.3) is 10.2 Å². The van der Waals surface area contributed by atoms with Crippen LogP contribution in [-0.4, -0.2) is 29.1 Å². The Morgan fingerprint density at radius 1 is 1.19 bits per heavy atom. The second-order valence-corrected chi connectivity index (χ2v) is 7.43. The lowest BCUT2D eigenvalue weighted by Crippen LogP contribution is -2.21. The van der Waals surface area contributed by atoms with E-state index in [-0.39, 0.29) is 0 Å². The lowest BCUT2D eigenvalue weighted by molar-refractivity contribution is 0.603. The Balaban J connectivity index is 1.66. The fourth-order valence-electron chi connectivity index (χ4n) is 2.57. The van der Waals surface area contributed by atoms with E-state index in [2.05, 4.69) is 25.4 Å². The van der Waals surface area contributed by atoms with Crippen LogP contribution in [0.15, 0.2) is 36.5 Å². The third-order valence-corrected chi connectivity index (χ3v) is 4.35. The number of aromatic nitrogens is 3. The molecule has 0 radical (unpaired) electrons. The molecular weight excluding hydrogens is 356 g/mol. The molecule has 0 bridgehead atoms. The molecule has 136 valence electrons. The molecule has 3 aromatic rings. The Bertz CT molecular complexity index is 1070. The Morgan fingerprint density at radius 2 is 1.96 bits per heavy atom. The summed E-state index contributed by atoms with van der Waals surface area (Å²) in [5, 5.41) is 16.0. The van der Waals surface area contributed by atoms with Gasteiger partial charge in [-0.15, -0.1) is 5.10 Å². The van der Waals surface area contributed by atoms with Crippen LogP contribution in [0.1, 0.15) is 12.8 Å². The first-order valence-electron chi connectivity index (χ1n) is 7.96. The first-order chi connectivity index (χ1) is 12.4. The van der Waals surface area contributed by atoms with Crippen molar-refractivity contribution in [3.05, 3.63) is 36.5 Å². The predicted octanol–water partition coefficient (Wildman–Crippen LogP) is 1.24. The summed E-state index contributed by atoms with van der Waals surface area (Å²) in [5.74, 6) is 0.963. The van der Waals surface area contributed by atoms with Gasteiger partial charge in [-0.05, 0) is 31.0 Å². The molecule has 0 amide bonds. The van der Waals surface area contributed by atoms with Crippen LogP contribution in [0.4, 0.5) is 28.7 Å². The Morgan fingerprint density at radius 3 is 2.69 bits per heavy atom. The number of nitrogen functional groups attached to an aromatic ring is 1. The van der Waals surface area contributed by atoms with E-state index in [1.807, 2.05) is 6.07 Å². The Kier molecular flexibility index (Phi) is 3.81. The van der Waals surface area contributed by atoms with Crippen LogP contribution in [-0.2, 0) is 10.2 Å². The third kappa shape index (κ3) is 3.63. The van der Waals surface area contributed by atoms with Gasteiger partial charge in [-0.25, -0.2) is 10.1 Å². The number of rotatable bonds is 6. The van der Waals surface area contributed by atoms with Crippen LogP contribution in [0.25, 0.3) is 5.65 Å². The van der Waals surface area contributed by atoms with E-state index in [1.165, 1.54) is 0 Å². The zero-order valence-corrected chi connectivity index (χ0v) is 14.5. The monoisotopic (exact) mass is 374 g/mol. The van der Waals surface area contributed by atoms with Gasteiger partial charge < -0.3 is 16.4 Å². The van der Waals surface area contributed by atoms with E-state index in [0.717, 1.165) is 18.5 Å². The molecule has 1 fully saturated rings. The van der Waals surface area contributed by atoms with Gasteiger partial charge in [-0.1, -0.05) is 6.07 Å². The number of benzene rings is 1. The fourth-order valence-corrected chi connectivity index (χ4v) is 3.03. The van der Waals surface area contributed by atoms with Crippen molar-refractivity contribution >= 4 is 44.6 Å². The van der Waals surface area contributed by atoms with Crippen LogP contribution in [0.2, 0.25) is 0 Å². The molecular formula is C15H18N8O2S. The number of imidazole rings is 1. The first-order valence-corrected chi connectivity index (χ1v) is 9.50. The highest BCUT2D eigenvalue weighted by Crippen LogP contribution is 2.29. The van der Waals surface area contributed by atoms with E-state index in [4.69, 9.17) is 10.9 Å². The number of nitrogens with one attached hydrogen (secondary N) is 3. The second kappa shape index (κ2) is 6.04. The summed E-state index contributed by atoms with van der Waals surface area (Å²) in [6.07, 6.45) is 3.80. The molecule has 1 aliphatic carbocycles. The van der Waals surface area contributed by atoms with Gasteiger partial charge in [0.15, 0.2) is 11.5 Å². The second-order valence-electron chi connectivity index (χ2n) is 6.13. The van der Waals surface area contributed by atoms with Crippen molar-refractivity contribution in [3.63, 3.8) is 0 Å². The molecule has 0 unspecified atom stereocenters. The van der Waals surface area contributed by atoms with Crippen molar-refractivity contribution < 1.29 is 8.42 Å². The summed E-state index contributed by atoms with van der Waals surface area (Å²) in [6.45, 7) is 0. The standard InChI is InChI=1S/C15H18N8O2S/c16-13-8-18-15-12(19-9-4-5-9)7-14(21-23(13)15)20-10-2-1-3-11(6-10)22-26(17,24)25/h1-3,6-9,19,22H,4-5,16H2,(H,20,21)(H2,17,24,25). The minimum atomic E-state index is -3.84. The zero-order chi connectivity index (χ0) is 18.3. The maximum Gasteiger partial charge on any atom is 0.296 e. The predicted molar refractivity (Wildman–Crippen MR) is 100 cm³/mol. The number of nitrogens with two attached hydrogens (primary N) is 2. The molecule has 2 heterocycles. The van der Waals surface area contributed by atoms with Crippen molar-refractivity contribution in [2.75, 3.05) is 21.1 Å². The SMILES string of the molecule is Nc1cnc2c(NC3CC3)cc(Nc3cccc(NS(N)(=O)=O)c3)nn12. The fraction of sp³-hybridized carbons (Fsp3) is 0.200. The molecule has 2 aromatic heterocycles. The Labute approximate surface area is 149 Å². The van der Waals surface area contributed by atoms with Crippen LogP contribution < -0.4 is 26.2 Å². The number of fused-ring (bicyclic) bond motifs is 1. The molecule has 26 heavy (non-hydrogen) atoms. The maximum atomic E-state index is 11.2. The van der Waals surface area contributed by atoms with Crippen LogP contribution >= 0.6 is 0 Å². The summed E-state index contributed by atoms with van der Waals surface area (Å²) in [4.78, 5) is 4.30. The average molecular weight is 374 g/mol. The molecule has 0 aliphatic heterocycles. The minimum Gasteiger partial charge on any atom is -0.382 e. The maximum absolute atomic E-state index is 11.2. The van der Waals surface area contributed by atoms with Gasteiger partial charge in [0.1, 0.15) is 5.82 Å². The van der Waals surface area contributed by atoms with Crippen LogP contribution in [0.5, 0.6) is 0 Å². The van der Waals surface area contributed by atoms with Gasteiger partial charge in [-0.2, -0.15) is 12.9 Å². The van der Waals surface area contributed by atoms with Gasteiger partial charge in [0.05, 0.1) is 17.6 Å². The smallest absolute Gasteiger partial charge is 0.296 e. The molecule has 4 rings (SSSR count). The van der Waals surface area contributed by atoms with Gasteiger partial charge >= 0.3 is 0 Å². The number of hydrogen-bond acceptors (Lipinski definition) is 7. The topological polar surface area (TPSA) is 152 Å². The lowest BCUT2D eigenvalue weighted by atomic mass is 10.3. The van der Waals surface area contributed by atoms with E-state index >= 15 is 0 Å². The molecule has 11 heteroatoms. The van der Waals surface area contributed by atoms with Gasteiger partial charge in [0.2, 0.25) is 0 Å². The largest absolute Gasteiger partial charge is 0.382 e. The van der Waals surface area contributed by atoms with Crippen LogP contribution in [0, 0.1) is 0 Å². The summed E-state index contributed by atoms with van der Waals surface area (Å²) >= 11 is 0. The Hall–Kier alpha value is -3.05. The highest BCUT2D eigenvalue weighted by Gasteiger charge is 2.23. The van der Waals surface area contributed by atoms with Crippen LogP contribution in [0.3, 0.4) is 0 Å². The molecule has 1 aromatic carbocycles. The average Bonchev–Trinajstić information content (AvgIpc) is 3.28. The molecule has 7 N–H and O–H groups in total. The quantitative estimate of drug-likeness (QED) is 0.435. The third-order valence-electron chi connectivity index (χ3n) is 3.83. The van der Waals surface area contributed by atoms with Crippen molar-refractivity contribution in [2.24, 2.45) is 5.14 Å². The summed E-state index contributed by atoms with van der Waals surface area (Å²) in [6, 6.07) is 8.98.